The van der Waals surface area contributed by atoms with Gasteiger partial charge in [-0.1, -0.05) is 0 Å². The molecule has 8 nitrogen and oxygen atoms in total. The summed E-state index contributed by atoms with van der Waals surface area (Å²) in [6.07, 6.45) is -3.18. The number of carbonyl (C=O) groups excluding carboxylic acids is 2. The fraction of sp³-hybridized carbons (Fsp3) is 0.296. The van der Waals surface area contributed by atoms with Gasteiger partial charge in [-0.3, -0.25) is 14.5 Å². The number of carbonyl (C=O) groups is 2. The average molecular weight is 546 g/mol. The number of rotatable bonds is 8. The summed E-state index contributed by atoms with van der Waals surface area (Å²) in [7, 11) is 0. The summed E-state index contributed by atoms with van der Waals surface area (Å²) in [6, 6.07) is 13.6. The van der Waals surface area contributed by atoms with Gasteiger partial charge in [0.15, 0.2) is 0 Å². The molecule has 2 amide bonds. The van der Waals surface area contributed by atoms with E-state index in [-0.39, 0.29) is 37.2 Å². The summed E-state index contributed by atoms with van der Waals surface area (Å²) in [5.41, 5.74) is -0.289. The average Bonchev–Trinajstić information content (AvgIpc) is 2.91. The highest BCUT2D eigenvalue weighted by molar-refractivity contribution is 5.97. The van der Waals surface area contributed by atoms with E-state index in [0.29, 0.717) is 30.3 Å². The summed E-state index contributed by atoms with van der Waals surface area (Å²) in [6.45, 7) is 2.86. The van der Waals surface area contributed by atoms with Crippen LogP contribution in [0.5, 0.6) is 11.5 Å². The van der Waals surface area contributed by atoms with Crippen molar-refractivity contribution in [3.63, 3.8) is 0 Å². The van der Waals surface area contributed by atoms with Crippen molar-refractivity contribution in [2.75, 3.05) is 42.9 Å². The molecule has 1 saturated heterocycles. The fourth-order valence-electron chi connectivity index (χ4n) is 4.04. The van der Waals surface area contributed by atoms with Crippen molar-refractivity contribution in [3.05, 3.63) is 78.2 Å². The number of hydrogen-bond acceptors (Lipinski definition) is 6. The van der Waals surface area contributed by atoms with Crippen LogP contribution in [-0.4, -0.2) is 60.5 Å². The molecule has 1 aliphatic heterocycles. The van der Waals surface area contributed by atoms with Crippen LogP contribution in [0.1, 0.15) is 12.5 Å². The lowest BCUT2D eigenvalue weighted by Gasteiger charge is -2.36. The third kappa shape index (κ3) is 7.66. The van der Waals surface area contributed by atoms with Crippen LogP contribution in [0.2, 0.25) is 0 Å². The van der Waals surface area contributed by atoms with E-state index in [1.165, 1.54) is 36.5 Å². The summed E-state index contributed by atoms with van der Waals surface area (Å²) in [5, 5.41) is 5.36. The Morgan fingerprint density at radius 3 is 2.21 bits per heavy atom. The topological polar surface area (TPSA) is 86.8 Å². The van der Waals surface area contributed by atoms with Gasteiger partial charge in [-0.05, 0) is 67.6 Å². The van der Waals surface area contributed by atoms with Gasteiger partial charge in [0.25, 0.3) is 0 Å². The Labute approximate surface area is 222 Å². The molecular formula is C27H27F4N5O3. The first-order chi connectivity index (χ1) is 18.6. The van der Waals surface area contributed by atoms with Crippen molar-refractivity contribution in [2.45, 2.75) is 19.1 Å². The first-order valence-corrected chi connectivity index (χ1v) is 12.2. The molecule has 0 spiro atoms. The second-order valence-corrected chi connectivity index (χ2v) is 8.99. The molecule has 0 saturated carbocycles. The second-order valence-electron chi connectivity index (χ2n) is 8.99. The third-order valence-electron chi connectivity index (χ3n) is 6.07. The fourth-order valence-corrected chi connectivity index (χ4v) is 4.04. The molecular weight excluding hydrogens is 518 g/mol. The quantitative estimate of drug-likeness (QED) is 0.411. The van der Waals surface area contributed by atoms with Gasteiger partial charge in [0, 0.05) is 38.1 Å². The zero-order valence-corrected chi connectivity index (χ0v) is 21.0. The van der Waals surface area contributed by atoms with Gasteiger partial charge < -0.3 is 20.3 Å². The number of aromatic nitrogens is 1. The Kier molecular flexibility index (Phi) is 8.65. The van der Waals surface area contributed by atoms with E-state index >= 15 is 0 Å². The zero-order valence-electron chi connectivity index (χ0n) is 21.0. The number of pyridine rings is 1. The lowest BCUT2D eigenvalue weighted by Crippen LogP contribution is -2.52. The van der Waals surface area contributed by atoms with Gasteiger partial charge in [0.2, 0.25) is 11.8 Å². The highest BCUT2D eigenvalue weighted by Gasteiger charge is 2.36. The molecule has 1 aromatic heterocycles. The molecule has 0 aliphatic carbocycles. The Morgan fingerprint density at radius 1 is 0.974 bits per heavy atom. The predicted molar refractivity (Wildman–Crippen MR) is 137 cm³/mol. The summed E-state index contributed by atoms with van der Waals surface area (Å²) in [4.78, 5) is 32.3. The van der Waals surface area contributed by atoms with E-state index in [9.17, 15) is 27.2 Å². The Hall–Kier alpha value is -4.19. The highest BCUT2D eigenvalue weighted by atomic mass is 19.4. The number of piperazine rings is 1. The van der Waals surface area contributed by atoms with Crippen molar-refractivity contribution in [3.8, 4) is 11.5 Å². The number of alkyl halides is 3. The number of nitrogens with zero attached hydrogens (tertiary/aromatic N) is 3. The van der Waals surface area contributed by atoms with Crippen LogP contribution in [0.3, 0.4) is 0 Å². The van der Waals surface area contributed by atoms with Gasteiger partial charge in [-0.2, -0.15) is 13.2 Å². The van der Waals surface area contributed by atoms with Crippen molar-refractivity contribution in [2.24, 2.45) is 0 Å². The van der Waals surface area contributed by atoms with E-state index in [1.54, 1.807) is 36.1 Å². The molecule has 1 atom stereocenters. The summed E-state index contributed by atoms with van der Waals surface area (Å²) >= 11 is 0. The van der Waals surface area contributed by atoms with Crippen LogP contribution in [0, 0.1) is 5.82 Å². The molecule has 2 heterocycles. The maximum absolute atomic E-state index is 13.3. The van der Waals surface area contributed by atoms with Gasteiger partial charge in [-0.15, -0.1) is 0 Å². The molecule has 0 bridgehead atoms. The molecule has 0 radical (unpaired) electrons. The lowest BCUT2D eigenvalue weighted by atomic mass is 10.2. The highest BCUT2D eigenvalue weighted by Crippen LogP contribution is 2.35. The SMILES string of the molecule is CC(NC(=O)CN1CCN(c2ncccc2C(F)(F)F)CC1)C(=O)Nc1ccc(Oc2ccc(F)cc2)cc1. The number of nitrogens with one attached hydrogen (secondary N) is 2. The summed E-state index contributed by atoms with van der Waals surface area (Å²) in [5.74, 6) is -0.312. The van der Waals surface area contributed by atoms with Gasteiger partial charge >= 0.3 is 6.18 Å². The molecule has 4 rings (SSSR count). The molecule has 3 aromatic rings. The van der Waals surface area contributed by atoms with Crippen LogP contribution in [0.4, 0.5) is 29.1 Å². The van der Waals surface area contributed by atoms with Crippen LogP contribution in [0.25, 0.3) is 0 Å². The van der Waals surface area contributed by atoms with Crippen molar-refractivity contribution >= 4 is 23.3 Å². The maximum atomic E-state index is 13.3. The van der Waals surface area contributed by atoms with E-state index in [2.05, 4.69) is 15.6 Å². The molecule has 206 valence electrons. The minimum atomic E-state index is -4.50. The van der Waals surface area contributed by atoms with Crippen LogP contribution in [-0.2, 0) is 15.8 Å². The molecule has 1 aliphatic rings. The first-order valence-electron chi connectivity index (χ1n) is 12.2. The van der Waals surface area contributed by atoms with Gasteiger partial charge in [0.05, 0.1) is 12.1 Å². The smallest absolute Gasteiger partial charge is 0.419 e. The molecule has 12 heteroatoms. The summed E-state index contributed by atoms with van der Waals surface area (Å²) < 4.78 is 58.6. The number of ether oxygens (including phenoxy) is 1. The van der Waals surface area contributed by atoms with E-state index in [1.807, 2.05) is 4.90 Å². The Bertz CT molecular complexity index is 1280. The number of benzene rings is 2. The number of halogens is 4. The standard InChI is InChI=1S/C27H27F4N5O3/c1-18(26(38)34-20-6-10-22(11-7-20)39-21-8-4-19(28)5-9-21)33-24(37)17-35-13-15-36(16-14-35)25-23(27(29,30)31)3-2-12-32-25/h2-12,18H,13-17H2,1H3,(H,33,37)(H,34,38). The second kappa shape index (κ2) is 12.1. The number of amides is 2. The number of hydrogen-bond donors (Lipinski definition) is 2. The lowest BCUT2D eigenvalue weighted by molar-refractivity contribution is -0.137. The molecule has 1 fully saturated rings. The van der Waals surface area contributed by atoms with Crippen LogP contribution < -0.4 is 20.3 Å². The largest absolute Gasteiger partial charge is 0.457 e. The Balaban J connectivity index is 1.22. The van der Waals surface area contributed by atoms with Crippen LogP contribution in [0.15, 0.2) is 66.9 Å². The molecule has 1 unspecified atom stereocenters. The van der Waals surface area contributed by atoms with Crippen LogP contribution >= 0.6 is 0 Å². The van der Waals surface area contributed by atoms with E-state index in [4.69, 9.17) is 4.74 Å². The van der Waals surface area contributed by atoms with E-state index in [0.717, 1.165) is 6.07 Å². The van der Waals surface area contributed by atoms with Gasteiger partial charge in [0.1, 0.15) is 29.2 Å². The van der Waals surface area contributed by atoms with Crippen molar-refractivity contribution in [1.82, 2.24) is 15.2 Å². The number of anilines is 2. The Morgan fingerprint density at radius 2 is 1.59 bits per heavy atom. The van der Waals surface area contributed by atoms with E-state index < -0.39 is 23.7 Å². The predicted octanol–water partition coefficient (Wildman–Crippen LogP) is 4.30. The van der Waals surface area contributed by atoms with Crippen molar-refractivity contribution < 1.29 is 31.9 Å². The van der Waals surface area contributed by atoms with Gasteiger partial charge in [-0.25, -0.2) is 9.37 Å². The maximum Gasteiger partial charge on any atom is 0.419 e. The normalized spacial score (nSPS) is 14.9. The zero-order chi connectivity index (χ0) is 28.0. The minimum absolute atomic E-state index is 0.00915. The molecule has 39 heavy (non-hydrogen) atoms. The minimum Gasteiger partial charge on any atom is -0.457 e. The first kappa shape index (κ1) is 27.8. The van der Waals surface area contributed by atoms with Crippen molar-refractivity contribution in [1.29, 1.82) is 0 Å². The monoisotopic (exact) mass is 545 g/mol. The third-order valence-corrected chi connectivity index (χ3v) is 6.07. The molecule has 2 N–H and O–H groups in total. The molecule has 2 aromatic carbocycles.